The lowest BCUT2D eigenvalue weighted by atomic mass is 10.2. The summed E-state index contributed by atoms with van der Waals surface area (Å²) in [6, 6.07) is 3.45. The normalized spacial score (nSPS) is 20.4. The maximum absolute atomic E-state index is 9.61. The highest BCUT2D eigenvalue weighted by molar-refractivity contribution is 5.27. The minimum atomic E-state index is 0.0932. The van der Waals surface area contributed by atoms with E-state index in [1.54, 1.807) is 12.1 Å². The zero-order valence-electron chi connectivity index (χ0n) is 9.98. The number of pyridine rings is 1. The Bertz CT molecular complexity index is 365. The molecule has 0 aliphatic carbocycles. The molecular formula is C12H18N2O3. The van der Waals surface area contributed by atoms with Crippen LogP contribution in [0.2, 0.25) is 0 Å². The minimum Gasteiger partial charge on any atom is -0.506 e. The van der Waals surface area contributed by atoms with E-state index >= 15 is 0 Å². The second kappa shape index (κ2) is 5.95. The molecule has 0 amide bonds. The zero-order valence-corrected chi connectivity index (χ0v) is 9.98. The van der Waals surface area contributed by atoms with Crippen LogP contribution in [0.1, 0.15) is 11.4 Å². The summed E-state index contributed by atoms with van der Waals surface area (Å²) in [5, 5.41) is 12.8. The first-order valence-electron chi connectivity index (χ1n) is 5.81. The van der Waals surface area contributed by atoms with Crippen molar-refractivity contribution in [3.05, 3.63) is 23.5 Å². The monoisotopic (exact) mass is 238 g/mol. The average molecular weight is 238 g/mol. The molecule has 0 aromatic carbocycles. The Kier molecular flexibility index (Phi) is 4.30. The van der Waals surface area contributed by atoms with Crippen molar-refractivity contribution >= 4 is 0 Å². The molecule has 0 spiro atoms. The standard InChI is InChI=1S/C12H18N2O3/c1-9-2-3-12(15)11(14-9)7-13-6-10-8-16-4-5-17-10/h2-3,10,13,15H,4-8H2,1H3. The molecule has 2 rings (SSSR count). The van der Waals surface area contributed by atoms with Crippen LogP contribution in [-0.2, 0) is 16.0 Å². The lowest BCUT2D eigenvalue weighted by molar-refractivity contribution is -0.0864. The predicted molar refractivity (Wildman–Crippen MR) is 62.9 cm³/mol. The van der Waals surface area contributed by atoms with Gasteiger partial charge in [0.2, 0.25) is 0 Å². The predicted octanol–water partition coefficient (Wildman–Crippen LogP) is 0.601. The molecule has 17 heavy (non-hydrogen) atoms. The first-order valence-corrected chi connectivity index (χ1v) is 5.81. The molecule has 5 nitrogen and oxygen atoms in total. The molecule has 1 aliphatic heterocycles. The van der Waals surface area contributed by atoms with Gasteiger partial charge in [0.25, 0.3) is 0 Å². The molecule has 94 valence electrons. The molecule has 5 heteroatoms. The van der Waals surface area contributed by atoms with E-state index in [1.807, 2.05) is 6.92 Å². The van der Waals surface area contributed by atoms with Gasteiger partial charge in [-0.2, -0.15) is 0 Å². The molecule has 1 saturated heterocycles. The number of rotatable bonds is 4. The van der Waals surface area contributed by atoms with E-state index in [0.29, 0.717) is 38.6 Å². The largest absolute Gasteiger partial charge is 0.506 e. The molecule has 2 heterocycles. The fourth-order valence-electron chi connectivity index (χ4n) is 1.74. The van der Waals surface area contributed by atoms with Gasteiger partial charge in [-0.15, -0.1) is 0 Å². The second-order valence-corrected chi connectivity index (χ2v) is 4.12. The lowest BCUT2D eigenvalue weighted by Crippen LogP contribution is -2.37. The molecule has 2 N–H and O–H groups in total. The van der Waals surface area contributed by atoms with Crippen molar-refractivity contribution in [1.82, 2.24) is 10.3 Å². The van der Waals surface area contributed by atoms with Crippen LogP contribution in [-0.4, -0.2) is 42.6 Å². The van der Waals surface area contributed by atoms with E-state index in [4.69, 9.17) is 9.47 Å². The Morgan fingerprint density at radius 3 is 3.12 bits per heavy atom. The highest BCUT2D eigenvalue weighted by Gasteiger charge is 2.13. The van der Waals surface area contributed by atoms with Gasteiger partial charge in [-0.25, -0.2) is 0 Å². The lowest BCUT2D eigenvalue weighted by Gasteiger charge is -2.23. The van der Waals surface area contributed by atoms with Crippen LogP contribution in [0.15, 0.2) is 12.1 Å². The fourth-order valence-corrected chi connectivity index (χ4v) is 1.74. The van der Waals surface area contributed by atoms with E-state index in [1.165, 1.54) is 0 Å². The molecule has 1 aliphatic rings. The van der Waals surface area contributed by atoms with Crippen molar-refractivity contribution in [2.75, 3.05) is 26.4 Å². The fraction of sp³-hybridized carbons (Fsp3) is 0.583. The van der Waals surface area contributed by atoms with Crippen LogP contribution in [0.3, 0.4) is 0 Å². The average Bonchev–Trinajstić information content (AvgIpc) is 2.35. The highest BCUT2D eigenvalue weighted by Crippen LogP contribution is 2.14. The molecule has 0 radical (unpaired) electrons. The quantitative estimate of drug-likeness (QED) is 0.804. The summed E-state index contributed by atoms with van der Waals surface area (Å²) < 4.78 is 10.8. The van der Waals surface area contributed by atoms with Gasteiger partial charge in [-0.1, -0.05) is 0 Å². The topological polar surface area (TPSA) is 63.6 Å². The third-order valence-corrected chi connectivity index (χ3v) is 2.64. The van der Waals surface area contributed by atoms with E-state index in [2.05, 4.69) is 10.3 Å². The van der Waals surface area contributed by atoms with Gasteiger partial charge in [0.1, 0.15) is 5.75 Å². The van der Waals surface area contributed by atoms with Gasteiger partial charge in [-0.05, 0) is 19.1 Å². The first kappa shape index (κ1) is 12.3. The maximum atomic E-state index is 9.61. The van der Waals surface area contributed by atoms with Gasteiger partial charge >= 0.3 is 0 Å². The van der Waals surface area contributed by atoms with Crippen LogP contribution in [0.5, 0.6) is 5.75 Å². The van der Waals surface area contributed by atoms with Crippen LogP contribution >= 0.6 is 0 Å². The molecule has 1 aromatic heterocycles. The van der Waals surface area contributed by atoms with E-state index in [9.17, 15) is 5.11 Å². The molecule has 1 atom stereocenters. The number of hydrogen-bond donors (Lipinski definition) is 2. The van der Waals surface area contributed by atoms with E-state index < -0.39 is 0 Å². The van der Waals surface area contributed by atoms with Crippen LogP contribution in [0.4, 0.5) is 0 Å². The van der Waals surface area contributed by atoms with Crippen molar-refractivity contribution in [3.8, 4) is 5.75 Å². The Morgan fingerprint density at radius 1 is 1.47 bits per heavy atom. The molecule has 1 aromatic rings. The summed E-state index contributed by atoms with van der Waals surface area (Å²) in [7, 11) is 0. The number of ether oxygens (including phenoxy) is 2. The van der Waals surface area contributed by atoms with Crippen molar-refractivity contribution in [2.45, 2.75) is 19.6 Å². The third kappa shape index (κ3) is 3.66. The number of nitrogens with one attached hydrogen (secondary N) is 1. The summed E-state index contributed by atoms with van der Waals surface area (Å²) in [4.78, 5) is 4.27. The summed E-state index contributed by atoms with van der Waals surface area (Å²) in [6.45, 7) is 5.10. The van der Waals surface area contributed by atoms with Gasteiger partial charge < -0.3 is 19.9 Å². The van der Waals surface area contributed by atoms with Crippen LogP contribution in [0, 0.1) is 6.92 Å². The molecule has 1 unspecified atom stereocenters. The number of aromatic nitrogens is 1. The first-order chi connectivity index (χ1) is 8.25. The van der Waals surface area contributed by atoms with Crippen molar-refractivity contribution in [3.63, 3.8) is 0 Å². The SMILES string of the molecule is Cc1ccc(O)c(CNCC2COCCO2)n1. The van der Waals surface area contributed by atoms with Gasteiger partial charge in [0.15, 0.2) is 0 Å². The highest BCUT2D eigenvalue weighted by atomic mass is 16.6. The Labute approximate surface area is 101 Å². The number of aryl methyl sites for hydroxylation is 1. The summed E-state index contributed by atoms with van der Waals surface area (Å²) >= 11 is 0. The van der Waals surface area contributed by atoms with Gasteiger partial charge in [0, 0.05) is 18.8 Å². The summed E-state index contributed by atoms with van der Waals surface area (Å²) in [6.07, 6.45) is 0.0932. The Hall–Kier alpha value is -1.17. The summed E-state index contributed by atoms with van der Waals surface area (Å²) in [5.74, 6) is 0.226. The van der Waals surface area contributed by atoms with Crippen LogP contribution < -0.4 is 5.32 Å². The number of hydrogen-bond acceptors (Lipinski definition) is 5. The number of nitrogens with zero attached hydrogens (tertiary/aromatic N) is 1. The molecular weight excluding hydrogens is 220 g/mol. The Morgan fingerprint density at radius 2 is 2.35 bits per heavy atom. The molecule has 0 saturated carbocycles. The van der Waals surface area contributed by atoms with E-state index in [0.717, 1.165) is 5.69 Å². The van der Waals surface area contributed by atoms with Crippen LogP contribution in [0.25, 0.3) is 0 Å². The number of aromatic hydroxyl groups is 1. The van der Waals surface area contributed by atoms with Crippen molar-refractivity contribution in [1.29, 1.82) is 0 Å². The smallest absolute Gasteiger partial charge is 0.138 e. The minimum absolute atomic E-state index is 0.0932. The zero-order chi connectivity index (χ0) is 12.1. The molecule has 0 bridgehead atoms. The Balaban J connectivity index is 1.79. The second-order valence-electron chi connectivity index (χ2n) is 4.12. The van der Waals surface area contributed by atoms with Crippen molar-refractivity contribution in [2.24, 2.45) is 0 Å². The van der Waals surface area contributed by atoms with E-state index in [-0.39, 0.29) is 11.9 Å². The van der Waals surface area contributed by atoms with Gasteiger partial charge in [-0.3, -0.25) is 4.98 Å². The maximum Gasteiger partial charge on any atom is 0.138 e. The van der Waals surface area contributed by atoms with Crippen molar-refractivity contribution < 1.29 is 14.6 Å². The molecule has 1 fully saturated rings. The van der Waals surface area contributed by atoms with Gasteiger partial charge in [0.05, 0.1) is 31.6 Å². The third-order valence-electron chi connectivity index (χ3n) is 2.64. The summed E-state index contributed by atoms with van der Waals surface area (Å²) in [5.41, 5.74) is 1.57.